The summed E-state index contributed by atoms with van der Waals surface area (Å²) in [6.45, 7) is 2.97. The average molecular weight is 280 g/mol. The van der Waals surface area contributed by atoms with E-state index in [0.29, 0.717) is 0 Å². The molecule has 1 heterocycles. The number of carbonyl (C=O) groups is 2. The molecule has 2 rings (SSSR count). The largest absolute Gasteiger partial charge is 0.325 e. The molecule has 1 aliphatic heterocycles. The lowest BCUT2D eigenvalue weighted by molar-refractivity contribution is -0.126. The third-order valence-electron chi connectivity index (χ3n) is 4.82. The van der Waals surface area contributed by atoms with Crippen LogP contribution in [-0.4, -0.2) is 28.9 Å². The van der Waals surface area contributed by atoms with Crippen LogP contribution in [0.4, 0.5) is 4.79 Å². The van der Waals surface area contributed by atoms with E-state index in [1.165, 1.54) is 32.1 Å². The van der Waals surface area contributed by atoms with Gasteiger partial charge in [-0.05, 0) is 19.3 Å². The Labute approximate surface area is 122 Å². The second-order valence-electron chi connectivity index (χ2n) is 6.27. The number of imide groups is 1. The van der Waals surface area contributed by atoms with Crippen molar-refractivity contribution in [3.05, 3.63) is 0 Å². The molecule has 1 saturated heterocycles. The molecule has 20 heavy (non-hydrogen) atoms. The van der Waals surface area contributed by atoms with Gasteiger partial charge in [-0.2, -0.15) is 0 Å². The van der Waals surface area contributed by atoms with Crippen LogP contribution >= 0.6 is 0 Å². The summed E-state index contributed by atoms with van der Waals surface area (Å²) in [5.74, 6) is -0.0528. The average Bonchev–Trinajstić information content (AvgIpc) is 2.99. The summed E-state index contributed by atoms with van der Waals surface area (Å²) in [7, 11) is 0. The smallest absolute Gasteiger partial charge is 0.310 e. The number of amides is 3. The fourth-order valence-corrected chi connectivity index (χ4v) is 3.60. The minimum absolute atomic E-state index is 0.0528. The third-order valence-corrected chi connectivity index (χ3v) is 4.82. The highest BCUT2D eigenvalue weighted by molar-refractivity contribution is 6.07. The van der Waals surface area contributed by atoms with E-state index in [-0.39, 0.29) is 11.9 Å². The van der Waals surface area contributed by atoms with Gasteiger partial charge in [-0.25, -0.2) is 4.79 Å². The lowest BCUT2D eigenvalue weighted by atomic mass is 9.95. The van der Waals surface area contributed by atoms with Gasteiger partial charge in [-0.3, -0.25) is 10.1 Å². The van der Waals surface area contributed by atoms with E-state index in [9.17, 15) is 9.59 Å². The van der Waals surface area contributed by atoms with Gasteiger partial charge in [0.1, 0.15) is 5.54 Å². The first kappa shape index (κ1) is 15.3. The van der Waals surface area contributed by atoms with Crippen LogP contribution in [0, 0.1) is 0 Å². The molecule has 0 radical (unpaired) electrons. The second kappa shape index (κ2) is 7.09. The standard InChI is InChI=1S/C16H28N2O2/c1-2-3-4-5-6-7-10-13-18-15(20)17-14(19)16(18)11-8-9-12-16/h2-13H2,1H3,(H,17,19,20). The predicted molar refractivity (Wildman–Crippen MR) is 79.4 cm³/mol. The normalized spacial score (nSPS) is 20.9. The molecule has 0 aromatic carbocycles. The Morgan fingerprint density at radius 2 is 1.60 bits per heavy atom. The Morgan fingerprint density at radius 1 is 1.00 bits per heavy atom. The molecular formula is C16H28N2O2. The second-order valence-corrected chi connectivity index (χ2v) is 6.27. The molecule has 1 N–H and O–H groups in total. The molecule has 2 aliphatic rings. The zero-order valence-corrected chi connectivity index (χ0v) is 12.7. The predicted octanol–water partition coefficient (Wildman–Crippen LogP) is 3.60. The molecule has 1 spiro atoms. The van der Waals surface area contributed by atoms with Crippen LogP contribution in [0.2, 0.25) is 0 Å². The Bertz CT molecular complexity index is 348. The monoisotopic (exact) mass is 280 g/mol. The molecule has 0 unspecified atom stereocenters. The van der Waals surface area contributed by atoms with Crippen molar-refractivity contribution in [1.29, 1.82) is 0 Å². The summed E-state index contributed by atoms with van der Waals surface area (Å²) in [5.41, 5.74) is -0.487. The fourth-order valence-electron chi connectivity index (χ4n) is 3.60. The molecule has 1 saturated carbocycles. The molecule has 3 amide bonds. The summed E-state index contributed by atoms with van der Waals surface area (Å²) in [5, 5.41) is 2.52. The number of unbranched alkanes of at least 4 members (excludes halogenated alkanes) is 6. The Morgan fingerprint density at radius 3 is 2.25 bits per heavy atom. The van der Waals surface area contributed by atoms with E-state index in [4.69, 9.17) is 0 Å². The highest BCUT2D eigenvalue weighted by Gasteiger charge is 2.53. The van der Waals surface area contributed by atoms with Crippen LogP contribution in [-0.2, 0) is 4.79 Å². The van der Waals surface area contributed by atoms with E-state index in [2.05, 4.69) is 12.2 Å². The van der Waals surface area contributed by atoms with Crippen molar-refractivity contribution < 1.29 is 9.59 Å². The van der Waals surface area contributed by atoms with E-state index < -0.39 is 5.54 Å². The van der Waals surface area contributed by atoms with Crippen LogP contribution in [0.15, 0.2) is 0 Å². The molecule has 0 bridgehead atoms. The van der Waals surface area contributed by atoms with Gasteiger partial charge in [0.2, 0.25) is 0 Å². The molecule has 1 aliphatic carbocycles. The van der Waals surface area contributed by atoms with Gasteiger partial charge in [0.15, 0.2) is 0 Å². The van der Waals surface area contributed by atoms with E-state index >= 15 is 0 Å². The van der Waals surface area contributed by atoms with E-state index in [0.717, 1.165) is 45.1 Å². The van der Waals surface area contributed by atoms with Gasteiger partial charge in [-0.1, -0.05) is 58.3 Å². The first-order chi connectivity index (χ1) is 9.70. The number of hydrogen-bond acceptors (Lipinski definition) is 2. The lowest BCUT2D eigenvalue weighted by Crippen LogP contribution is -2.47. The first-order valence-electron chi connectivity index (χ1n) is 8.34. The zero-order chi connectivity index (χ0) is 14.4. The highest BCUT2D eigenvalue weighted by atomic mass is 16.2. The molecule has 0 aromatic rings. The fraction of sp³-hybridized carbons (Fsp3) is 0.875. The van der Waals surface area contributed by atoms with Gasteiger partial charge in [0.05, 0.1) is 0 Å². The SMILES string of the molecule is CCCCCCCCCN1C(=O)NC(=O)C12CCCC2. The van der Waals surface area contributed by atoms with E-state index in [1.54, 1.807) is 0 Å². The third kappa shape index (κ3) is 3.15. The van der Waals surface area contributed by atoms with Gasteiger partial charge in [-0.15, -0.1) is 0 Å². The van der Waals surface area contributed by atoms with Crippen molar-refractivity contribution >= 4 is 11.9 Å². The van der Waals surface area contributed by atoms with Gasteiger partial charge in [0.25, 0.3) is 5.91 Å². The topological polar surface area (TPSA) is 49.4 Å². The number of nitrogens with zero attached hydrogens (tertiary/aromatic N) is 1. The van der Waals surface area contributed by atoms with Gasteiger partial charge < -0.3 is 4.90 Å². The number of hydrogen-bond donors (Lipinski definition) is 1. The van der Waals surface area contributed by atoms with Crippen molar-refractivity contribution in [3.8, 4) is 0 Å². The maximum Gasteiger partial charge on any atom is 0.325 e. The highest BCUT2D eigenvalue weighted by Crippen LogP contribution is 2.38. The Balaban J connectivity index is 1.73. The lowest BCUT2D eigenvalue weighted by Gasteiger charge is -2.31. The van der Waals surface area contributed by atoms with Crippen LogP contribution < -0.4 is 5.32 Å². The van der Waals surface area contributed by atoms with Crippen molar-refractivity contribution in [3.63, 3.8) is 0 Å². The summed E-state index contributed by atoms with van der Waals surface area (Å²) in [6, 6.07) is -0.164. The maximum atomic E-state index is 12.1. The maximum absolute atomic E-state index is 12.1. The van der Waals surface area contributed by atoms with Crippen LogP contribution in [0.3, 0.4) is 0 Å². The van der Waals surface area contributed by atoms with Crippen molar-refractivity contribution in [2.24, 2.45) is 0 Å². The van der Waals surface area contributed by atoms with Crippen LogP contribution in [0.1, 0.15) is 77.6 Å². The summed E-state index contributed by atoms with van der Waals surface area (Å²) < 4.78 is 0. The molecule has 0 atom stereocenters. The minimum atomic E-state index is -0.487. The van der Waals surface area contributed by atoms with Gasteiger partial charge in [0, 0.05) is 6.54 Å². The number of carbonyl (C=O) groups excluding carboxylic acids is 2. The van der Waals surface area contributed by atoms with E-state index in [1.807, 2.05) is 4.90 Å². The molecule has 0 aromatic heterocycles. The number of urea groups is 1. The minimum Gasteiger partial charge on any atom is -0.310 e. The zero-order valence-electron chi connectivity index (χ0n) is 12.7. The van der Waals surface area contributed by atoms with Crippen molar-refractivity contribution in [1.82, 2.24) is 10.2 Å². The summed E-state index contributed by atoms with van der Waals surface area (Å²) in [6.07, 6.45) is 12.5. The molecule has 2 fully saturated rings. The first-order valence-corrected chi connectivity index (χ1v) is 8.34. The summed E-state index contributed by atoms with van der Waals surface area (Å²) >= 11 is 0. The van der Waals surface area contributed by atoms with Crippen LogP contribution in [0.25, 0.3) is 0 Å². The quantitative estimate of drug-likeness (QED) is 0.545. The number of nitrogens with one attached hydrogen (secondary N) is 1. The molecule has 4 heteroatoms. The van der Waals surface area contributed by atoms with Crippen molar-refractivity contribution in [2.45, 2.75) is 83.1 Å². The van der Waals surface area contributed by atoms with Crippen LogP contribution in [0.5, 0.6) is 0 Å². The van der Waals surface area contributed by atoms with Gasteiger partial charge >= 0.3 is 6.03 Å². The molecular weight excluding hydrogens is 252 g/mol. The number of rotatable bonds is 8. The molecule has 114 valence electrons. The Hall–Kier alpha value is -1.06. The Kier molecular flexibility index (Phi) is 5.44. The summed E-state index contributed by atoms with van der Waals surface area (Å²) in [4.78, 5) is 25.8. The molecule has 4 nitrogen and oxygen atoms in total. The van der Waals surface area contributed by atoms with Crippen molar-refractivity contribution in [2.75, 3.05) is 6.54 Å².